The number of hydrogen-bond acceptors (Lipinski definition) is 0. The highest BCUT2D eigenvalue weighted by Gasteiger charge is 2.34. The minimum absolute atomic E-state index is 0.0499. The Kier molecular flexibility index (Phi) is 10.2. The topological polar surface area (TPSA) is 4.93 Å². The Labute approximate surface area is 346 Å². The average molecular weight is 888 g/mol. The monoisotopic (exact) mass is 887 g/mol. The fourth-order valence-electron chi connectivity index (χ4n) is 7.49. The molecule has 16 heteroatoms. The second kappa shape index (κ2) is 15.0. The first-order valence-corrected chi connectivity index (χ1v) is 18.4. The van der Waals surface area contributed by atoms with E-state index in [9.17, 15) is 65.9 Å². The van der Waals surface area contributed by atoms with Gasteiger partial charge in [0.05, 0.1) is 38.9 Å². The molecule has 7 aromatic carbocycles. The molecule has 0 aliphatic carbocycles. The molecule has 0 fully saturated rings. The molecule has 0 unspecified atom stereocenters. The summed E-state index contributed by atoms with van der Waals surface area (Å²) in [7, 11) is 0. The van der Waals surface area contributed by atoms with Gasteiger partial charge < -0.3 is 4.57 Å². The molecule has 1 aromatic heterocycles. The maximum Gasteiger partial charge on any atom is 0.416 e. The van der Waals surface area contributed by atoms with Crippen molar-refractivity contribution in [1.29, 1.82) is 0 Å². The number of nitrogens with zero attached hydrogens (tertiary/aromatic N) is 1. The predicted octanol–water partition coefficient (Wildman–Crippen LogP) is 16.5. The van der Waals surface area contributed by atoms with Crippen LogP contribution in [-0.4, -0.2) is 4.57 Å². The van der Waals surface area contributed by atoms with Crippen molar-refractivity contribution in [3.05, 3.63) is 173 Å². The Hall–Kier alpha value is -6.71. The summed E-state index contributed by atoms with van der Waals surface area (Å²) in [5.41, 5.74) is -3.35. The van der Waals surface area contributed by atoms with E-state index in [1.165, 1.54) is 28.8 Å². The van der Waals surface area contributed by atoms with Crippen molar-refractivity contribution in [1.82, 2.24) is 4.57 Å². The van der Waals surface area contributed by atoms with Crippen LogP contribution in [0.5, 0.6) is 0 Å². The molecule has 8 rings (SSSR count). The largest absolute Gasteiger partial charge is 0.416 e. The normalized spacial score (nSPS) is 13.0. The summed E-state index contributed by atoms with van der Waals surface area (Å²) in [5.74, 6) is 0. The van der Waals surface area contributed by atoms with Crippen LogP contribution in [0.25, 0.3) is 72.0 Å². The van der Waals surface area contributed by atoms with Gasteiger partial charge in [-0.2, -0.15) is 65.9 Å². The molecule has 0 spiro atoms. The molecular weight excluding hydrogens is 863 g/mol. The van der Waals surface area contributed by atoms with Crippen molar-refractivity contribution in [3.63, 3.8) is 0 Å². The van der Waals surface area contributed by atoms with Gasteiger partial charge in [0, 0.05) is 27.6 Å². The number of halogens is 15. The lowest BCUT2D eigenvalue weighted by Crippen LogP contribution is -2.05. The van der Waals surface area contributed by atoms with Gasteiger partial charge in [0.1, 0.15) is 0 Å². The van der Waals surface area contributed by atoms with Crippen LogP contribution in [0.15, 0.2) is 146 Å². The van der Waals surface area contributed by atoms with E-state index in [0.717, 1.165) is 121 Å². The van der Waals surface area contributed by atoms with Crippen LogP contribution in [0.4, 0.5) is 65.9 Å². The fourth-order valence-corrected chi connectivity index (χ4v) is 7.49. The molecule has 0 aliphatic heterocycles. The third-order valence-electron chi connectivity index (χ3n) is 10.5. The summed E-state index contributed by atoms with van der Waals surface area (Å²) in [4.78, 5) is 0. The molecule has 0 atom stereocenters. The summed E-state index contributed by atoms with van der Waals surface area (Å²) in [6, 6.07) is 25.4. The van der Waals surface area contributed by atoms with Gasteiger partial charge in [0.15, 0.2) is 0 Å². The van der Waals surface area contributed by atoms with Gasteiger partial charge in [0.25, 0.3) is 0 Å². The summed E-state index contributed by atoms with van der Waals surface area (Å²) < 4.78 is 208. The summed E-state index contributed by atoms with van der Waals surface area (Å²) in [5, 5.41) is 0.443. The first kappa shape index (κ1) is 43.0. The maximum atomic E-state index is 13.9. The van der Waals surface area contributed by atoms with E-state index >= 15 is 0 Å². The molecule has 63 heavy (non-hydrogen) atoms. The Morgan fingerprint density at radius 3 is 0.746 bits per heavy atom. The van der Waals surface area contributed by atoms with Crippen molar-refractivity contribution >= 4 is 21.8 Å². The van der Waals surface area contributed by atoms with Crippen molar-refractivity contribution in [2.24, 2.45) is 0 Å². The van der Waals surface area contributed by atoms with Gasteiger partial charge in [-0.25, -0.2) is 0 Å². The van der Waals surface area contributed by atoms with Crippen LogP contribution < -0.4 is 0 Å². The van der Waals surface area contributed by atoms with Crippen molar-refractivity contribution in [3.8, 4) is 50.2 Å². The zero-order valence-corrected chi connectivity index (χ0v) is 31.5. The minimum atomic E-state index is -4.79. The number of rotatable bonds is 5. The Morgan fingerprint density at radius 1 is 0.254 bits per heavy atom. The molecule has 322 valence electrons. The number of aromatic nitrogens is 1. The summed E-state index contributed by atoms with van der Waals surface area (Å²) >= 11 is 0. The Bertz CT molecular complexity index is 2790. The summed E-state index contributed by atoms with van der Waals surface area (Å²) in [6.07, 6.45) is -23.8. The SMILES string of the molecule is FC(F)(F)c1ccc(-c2cc(-c3ccc(C(F)(F)F)cc3)c3c(c2)c2cc(-c4ccc(C(F)(F)F)cc4)cc(-c4ccc(C(F)(F)F)cc4)c2n3-c2ccc(C(F)(F)F)cc2)cc1. The number of hydrogen-bond donors (Lipinski definition) is 0. The zero-order valence-electron chi connectivity index (χ0n) is 31.5. The van der Waals surface area contributed by atoms with Gasteiger partial charge in [-0.3, -0.25) is 0 Å². The third kappa shape index (κ3) is 8.33. The van der Waals surface area contributed by atoms with Gasteiger partial charge in [-0.05, 0) is 130 Å². The first-order valence-electron chi connectivity index (χ1n) is 18.4. The van der Waals surface area contributed by atoms with Crippen molar-refractivity contribution < 1.29 is 65.9 Å². The molecule has 1 heterocycles. The number of alkyl halides is 15. The van der Waals surface area contributed by atoms with E-state index in [-0.39, 0.29) is 72.0 Å². The van der Waals surface area contributed by atoms with Crippen molar-refractivity contribution in [2.75, 3.05) is 0 Å². The summed E-state index contributed by atoms with van der Waals surface area (Å²) in [6.45, 7) is 0. The highest BCUT2D eigenvalue weighted by molar-refractivity contribution is 6.19. The molecule has 0 amide bonds. The van der Waals surface area contributed by atoms with E-state index < -0.39 is 58.7 Å². The third-order valence-corrected chi connectivity index (χ3v) is 10.5. The zero-order chi connectivity index (χ0) is 45.4. The van der Waals surface area contributed by atoms with E-state index in [0.29, 0.717) is 0 Å². The second-order valence-corrected chi connectivity index (χ2v) is 14.5. The lowest BCUT2D eigenvalue weighted by Gasteiger charge is -2.17. The molecule has 0 saturated carbocycles. The first-order chi connectivity index (χ1) is 29.4. The van der Waals surface area contributed by atoms with Gasteiger partial charge in [0.2, 0.25) is 0 Å². The molecule has 0 radical (unpaired) electrons. The molecule has 8 aromatic rings. The van der Waals surface area contributed by atoms with Crippen LogP contribution in [0.3, 0.4) is 0 Å². The standard InChI is InChI=1S/C47H24F15N/c48-43(49,50)31-9-1-25(2-10-31)29-21-37(27-5-13-33(14-6-27)45(54,55)56)41-39(23-29)40-24-30(26-3-11-32(12-4-26)44(51,52)53)22-38(28-7-15-34(16-8-28)46(57,58)59)42(40)63(41)36-19-17-35(18-20-36)47(60,61)62/h1-24H. The predicted molar refractivity (Wildman–Crippen MR) is 208 cm³/mol. The van der Waals surface area contributed by atoms with Crippen LogP contribution in [-0.2, 0) is 30.9 Å². The second-order valence-electron chi connectivity index (χ2n) is 14.5. The number of benzene rings is 7. The molecular formula is C47H24F15N. The Morgan fingerprint density at radius 2 is 0.492 bits per heavy atom. The van der Waals surface area contributed by atoms with Gasteiger partial charge >= 0.3 is 30.9 Å². The van der Waals surface area contributed by atoms with E-state index in [1.54, 1.807) is 0 Å². The van der Waals surface area contributed by atoms with Crippen LogP contribution in [0, 0.1) is 0 Å². The van der Waals surface area contributed by atoms with E-state index in [2.05, 4.69) is 0 Å². The maximum absolute atomic E-state index is 13.9. The van der Waals surface area contributed by atoms with Crippen LogP contribution in [0.2, 0.25) is 0 Å². The molecule has 0 aliphatic rings. The molecule has 0 bridgehead atoms. The highest BCUT2D eigenvalue weighted by Crippen LogP contribution is 2.47. The van der Waals surface area contributed by atoms with Gasteiger partial charge in [-0.15, -0.1) is 0 Å². The fraction of sp³-hybridized carbons (Fsp3) is 0.106. The lowest BCUT2D eigenvalue weighted by atomic mass is 9.92. The lowest BCUT2D eigenvalue weighted by molar-refractivity contribution is -0.138. The van der Waals surface area contributed by atoms with Crippen molar-refractivity contribution in [2.45, 2.75) is 30.9 Å². The number of fused-ring (bicyclic) bond motifs is 3. The molecule has 1 nitrogen and oxygen atoms in total. The van der Waals surface area contributed by atoms with Gasteiger partial charge in [-0.1, -0.05) is 48.5 Å². The Balaban J connectivity index is 1.54. The van der Waals surface area contributed by atoms with E-state index in [1.807, 2.05) is 0 Å². The van der Waals surface area contributed by atoms with Crippen LogP contribution in [0.1, 0.15) is 27.8 Å². The molecule has 0 saturated heterocycles. The average Bonchev–Trinajstić information content (AvgIpc) is 3.56. The quantitative estimate of drug-likeness (QED) is 0.152. The highest BCUT2D eigenvalue weighted by atomic mass is 19.4. The van der Waals surface area contributed by atoms with Crippen LogP contribution >= 0.6 is 0 Å². The van der Waals surface area contributed by atoms with E-state index in [4.69, 9.17) is 0 Å². The smallest absolute Gasteiger partial charge is 0.308 e. The minimum Gasteiger partial charge on any atom is -0.308 e. The molecule has 0 N–H and O–H groups in total.